The van der Waals surface area contributed by atoms with Crippen LogP contribution in [0, 0.1) is 6.92 Å². The van der Waals surface area contributed by atoms with Crippen molar-refractivity contribution in [1.82, 2.24) is 4.98 Å². The zero-order valence-corrected chi connectivity index (χ0v) is 10.8. The van der Waals surface area contributed by atoms with Crippen molar-refractivity contribution in [2.24, 2.45) is 0 Å². The van der Waals surface area contributed by atoms with Crippen molar-refractivity contribution in [3.05, 3.63) is 64.7 Å². The topological polar surface area (TPSA) is 33.1 Å². The van der Waals surface area contributed by atoms with Gasteiger partial charge in [-0.25, -0.2) is 0 Å². The van der Waals surface area contributed by atoms with Crippen molar-refractivity contribution >= 4 is 21.6 Å². The summed E-state index contributed by atoms with van der Waals surface area (Å²) in [5, 5.41) is 12.4. The Balaban J connectivity index is 2.06. The number of rotatable bonds is 2. The van der Waals surface area contributed by atoms with Gasteiger partial charge in [-0.05, 0) is 35.6 Å². The number of aryl methyl sites for hydroxylation is 1. The summed E-state index contributed by atoms with van der Waals surface area (Å²) in [7, 11) is 0. The second-order valence-electron chi connectivity index (χ2n) is 4.33. The van der Waals surface area contributed by atoms with Gasteiger partial charge in [-0.15, -0.1) is 11.3 Å². The first-order valence-corrected chi connectivity index (χ1v) is 6.70. The van der Waals surface area contributed by atoms with Gasteiger partial charge in [0.2, 0.25) is 0 Å². The molecule has 90 valence electrons. The monoisotopic (exact) mass is 255 g/mol. The standard InChI is InChI=1S/C15H13NOS/c1-10-4-2-3-5-12(10)15(17)11-8-14-13(16-9-11)6-7-18-14/h2-9,15,17H,1H3. The molecule has 3 aromatic rings. The molecule has 0 fully saturated rings. The Bertz CT molecular complexity index is 690. The molecule has 1 N–H and O–H groups in total. The number of hydrogen-bond donors (Lipinski definition) is 1. The molecule has 18 heavy (non-hydrogen) atoms. The summed E-state index contributed by atoms with van der Waals surface area (Å²) in [4.78, 5) is 4.37. The van der Waals surface area contributed by atoms with Crippen molar-refractivity contribution in [2.75, 3.05) is 0 Å². The average Bonchev–Trinajstić information content (AvgIpc) is 2.85. The first kappa shape index (κ1) is 11.4. The lowest BCUT2D eigenvalue weighted by Crippen LogP contribution is -2.02. The van der Waals surface area contributed by atoms with Gasteiger partial charge in [0.15, 0.2) is 0 Å². The fourth-order valence-electron chi connectivity index (χ4n) is 2.08. The molecule has 0 aliphatic rings. The number of thiophene rings is 1. The van der Waals surface area contributed by atoms with Gasteiger partial charge in [0.1, 0.15) is 6.10 Å². The van der Waals surface area contributed by atoms with E-state index in [1.807, 2.05) is 48.7 Å². The zero-order chi connectivity index (χ0) is 12.5. The fraction of sp³-hybridized carbons (Fsp3) is 0.133. The smallest absolute Gasteiger partial charge is 0.106 e. The number of aliphatic hydroxyl groups excluding tert-OH is 1. The highest BCUT2D eigenvalue weighted by molar-refractivity contribution is 7.17. The van der Waals surface area contributed by atoms with E-state index in [1.54, 1.807) is 17.5 Å². The number of hydrogen-bond acceptors (Lipinski definition) is 3. The molecular weight excluding hydrogens is 242 g/mol. The third kappa shape index (κ3) is 1.92. The SMILES string of the molecule is Cc1ccccc1C(O)c1cnc2ccsc2c1. The molecule has 2 aromatic heterocycles. The van der Waals surface area contributed by atoms with Crippen LogP contribution in [0.5, 0.6) is 0 Å². The van der Waals surface area contributed by atoms with E-state index in [4.69, 9.17) is 0 Å². The number of pyridine rings is 1. The summed E-state index contributed by atoms with van der Waals surface area (Å²) in [6, 6.07) is 11.9. The fourth-order valence-corrected chi connectivity index (χ4v) is 2.87. The summed E-state index contributed by atoms with van der Waals surface area (Å²) in [5.74, 6) is 0. The lowest BCUT2D eigenvalue weighted by atomic mass is 9.99. The van der Waals surface area contributed by atoms with Crippen molar-refractivity contribution in [2.45, 2.75) is 13.0 Å². The van der Waals surface area contributed by atoms with E-state index in [-0.39, 0.29) is 0 Å². The Labute approximate surface area is 110 Å². The molecule has 2 heterocycles. The van der Waals surface area contributed by atoms with Crippen LogP contribution >= 0.6 is 11.3 Å². The first-order valence-electron chi connectivity index (χ1n) is 5.82. The van der Waals surface area contributed by atoms with E-state index in [0.29, 0.717) is 0 Å². The lowest BCUT2D eigenvalue weighted by molar-refractivity contribution is 0.219. The highest BCUT2D eigenvalue weighted by atomic mass is 32.1. The molecule has 3 rings (SSSR count). The molecule has 0 bridgehead atoms. The molecule has 0 spiro atoms. The van der Waals surface area contributed by atoms with Gasteiger partial charge in [0.25, 0.3) is 0 Å². The third-order valence-electron chi connectivity index (χ3n) is 3.12. The minimum Gasteiger partial charge on any atom is -0.384 e. The van der Waals surface area contributed by atoms with E-state index in [0.717, 1.165) is 26.9 Å². The molecule has 0 aliphatic heterocycles. The van der Waals surface area contributed by atoms with E-state index in [9.17, 15) is 5.11 Å². The van der Waals surface area contributed by atoms with Crippen LogP contribution in [0.15, 0.2) is 48.0 Å². The Morgan fingerprint density at radius 1 is 1.22 bits per heavy atom. The summed E-state index contributed by atoms with van der Waals surface area (Å²) in [6.45, 7) is 2.01. The van der Waals surface area contributed by atoms with E-state index >= 15 is 0 Å². The molecule has 0 saturated carbocycles. The van der Waals surface area contributed by atoms with Crippen LogP contribution in [-0.4, -0.2) is 10.1 Å². The predicted molar refractivity (Wildman–Crippen MR) is 74.9 cm³/mol. The molecule has 0 aliphatic carbocycles. The molecule has 0 amide bonds. The second-order valence-corrected chi connectivity index (χ2v) is 5.28. The van der Waals surface area contributed by atoms with Gasteiger partial charge in [0, 0.05) is 11.8 Å². The van der Waals surface area contributed by atoms with Gasteiger partial charge in [-0.3, -0.25) is 4.98 Å². The Morgan fingerprint density at radius 2 is 2.06 bits per heavy atom. The van der Waals surface area contributed by atoms with Crippen LogP contribution in [0.1, 0.15) is 22.8 Å². The van der Waals surface area contributed by atoms with Crippen LogP contribution in [0.3, 0.4) is 0 Å². The minimum absolute atomic E-state index is 0.606. The minimum atomic E-state index is -0.606. The molecular formula is C15H13NOS. The molecule has 3 heteroatoms. The number of aromatic nitrogens is 1. The predicted octanol–water partition coefficient (Wildman–Crippen LogP) is 3.69. The molecule has 1 aromatic carbocycles. The van der Waals surface area contributed by atoms with Crippen molar-refractivity contribution in [1.29, 1.82) is 0 Å². The summed E-state index contributed by atoms with van der Waals surface area (Å²) in [5.41, 5.74) is 3.87. The van der Waals surface area contributed by atoms with Crippen LogP contribution in [0.25, 0.3) is 10.2 Å². The van der Waals surface area contributed by atoms with E-state index < -0.39 is 6.10 Å². The molecule has 1 atom stereocenters. The van der Waals surface area contributed by atoms with E-state index in [2.05, 4.69) is 4.98 Å². The Kier molecular flexibility index (Phi) is 2.86. The van der Waals surface area contributed by atoms with E-state index in [1.165, 1.54) is 0 Å². The zero-order valence-electron chi connectivity index (χ0n) is 10.00. The number of aliphatic hydroxyl groups is 1. The van der Waals surface area contributed by atoms with Crippen molar-refractivity contribution < 1.29 is 5.11 Å². The van der Waals surface area contributed by atoms with Gasteiger partial charge in [-0.1, -0.05) is 24.3 Å². The lowest BCUT2D eigenvalue weighted by Gasteiger charge is -2.13. The molecule has 0 radical (unpaired) electrons. The van der Waals surface area contributed by atoms with Crippen LogP contribution in [0.2, 0.25) is 0 Å². The van der Waals surface area contributed by atoms with Gasteiger partial charge >= 0.3 is 0 Å². The maximum atomic E-state index is 10.4. The number of benzene rings is 1. The molecule has 0 saturated heterocycles. The third-order valence-corrected chi connectivity index (χ3v) is 3.98. The summed E-state index contributed by atoms with van der Waals surface area (Å²) < 4.78 is 1.11. The highest BCUT2D eigenvalue weighted by Gasteiger charge is 2.13. The quantitative estimate of drug-likeness (QED) is 0.757. The summed E-state index contributed by atoms with van der Waals surface area (Å²) in [6.07, 6.45) is 1.15. The average molecular weight is 255 g/mol. The Morgan fingerprint density at radius 3 is 2.89 bits per heavy atom. The number of nitrogens with zero attached hydrogens (tertiary/aromatic N) is 1. The molecule has 1 unspecified atom stereocenters. The van der Waals surface area contributed by atoms with Crippen molar-refractivity contribution in [3.63, 3.8) is 0 Å². The van der Waals surface area contributed by atoms with Gasteiger partial charge in [-0.2, -0.15) is 0 Å². The Hall–Kier alpha value is -1.71. The normalized spacial score (nSPS) is 12.8. The van der Waals surface area contributed by atoms with Crippen molar-refractivity contribution in [3.8, 4) is 0 Å². The first-order chi connectivity index (χ1) is 8.75. The van der Waals surface area contributed by atoms with Gasteiger partial charge in [0.05, 0.1) is 10.2 Å². The maximum absolute atomic E-state index is 10.4. The maximum Gasteiger partial charge on any atom is 0.106 e. The number of fused-ring (bicyclic) bond motifs is 1. The van der Waals surface area contributed by atoms with Crippen LogP contribution in [-0.2, 0) is 0 Å². The second kappa shape index (κ2) is 4.52. The molecule has 2 nitrogen and oxygen atoms in total. The largest absolute Gasteiger partial charge is 0.384 e. The van der Waals surface area contributed by atoms with Crippen LogP contribution in [0.4, 0.5) is 0 Å². The van der Waals surface area contributed by atoms with Gasteiger partial charge < -0.3 is 5.11 Å². The van der Waals surface area contributed by atoms with Crippen LogP contribution < -0.4 is 0 Å². The highest BCUT2D eigenvalue weighted by Crippen LogP contribution is 2.27. The summed E-state index contributed by atoms with van der Waals surface area (Å²) >= 11 is 1.64.